The van der Waals surface area contributed by atoms with Crippen molar-refractivity contribution in [1.29, 1.82) is 0 Å². The van der Waals surface area contributed by atoms with Crippen molar-refractivity contribution in [2.75, 3.05) is 13.1 Å². The number of nitrogens with zero attached hydrogens (tertiary/aromatic N) is 1. The van der Waals surface area contributed by atoms with Crippen LogP contribution in [-0.4, -0.2) is 29.1 Å². The molecule has 0 atom stereocenters. The van der Waals surface area contributed by atoms with Crippen LogP contribution >= 0.6 is 0 Å². The summed E-state index contributed by atoms with van der Waals surface area (Å²) in [6.07, 6.45) is 0.933. The first kappa shape index (κ1) is 20.0. The molecular formula is C22H29NO3. The Bertz CT molecular complexity index is 732. The predicted octanol–water partition coefficient (Wildman–Crippen LogP) is 4.49. The van der Waals surface area contributed by atoms with E-state index in [1.165, 1.54) is 5.56 Å². The van der Waals surface area contributed by atoms with Gasteiger partial charge in [-0.1, -0.05) is 48.9 Å². The van der Waals surface area contributed by atoms with Gasteiger partial charge in [0.1, 0.15) is 12.4 Å². The van der Waals surface area contributed by atoms with Crippen molar-refractivity contribution in [2.24, 2.45) is 0 Å². The SMILES string of the molecule is CCCN(CC(=O)O)Cc1cc(C)c(OCc2cccc(C)c2)c(C)c1. The van der Waals surface area contributed by atoms with Gasteiger partial charge in [-0.2, -0.15) is 0 Å². The number of aliphatic carboxylic acids is 1. The van der Waals surface area contributed by atoms with E-state index in [2.05, 4.69) is 44.2 Å². The van der Waals surface area contributed by atoms with Crippen LogP contribution in [0.25, 0.3) is 0 Å². The Hall–Kier alpha value is -2.33. The molecule has 4 nitrogen and oxygen atoms in total. The number of rotatable bonds is 9. The van der Waals surface area contributed by atoms with Crippen LogP contribution in [0.5, 0.6) is 5.75 Å². The number of ether oxygens (including phenoxy) is 1. The lowest BCUT2D eigenvalue weighted by molar-refractivity contribution is -0.138. The lowest BCUT2D eigenvalue weighted by atomic mass is 10.0. The minimum atomic E-state index is -0.787. The van der Waals surface area contributed by atoms with Crippen molar-refractivity contribution in [2.45, 2.75) is 47.3 Å². The third-order valence-electron chi connectivity index (χ3n) is 4.29. The van der Waals surface area contributed by atoms with E-state index in [9.17, 15) is 4.79 Å². The molecule has 0 spiro atoms. The summed E-state index contributed by atoms with van der Waals surface area (Å²) in [5, 5.41) is 9.08. The van der Waals surface area contributed by atoms with Gasteiger partial charge in [0.25, 0.3) is 0 Å². The van der Waals surface area contributed by atoms with E-state index in [0.29, 0.717) is 13.2 Å². The molecule has 0 bridgehead atoms. The average Bonchev–Trinajstić information content (AvgIpc) is 2.53. The summed E-state index contributed by atoms with van der Waals surface area (Å²) >= 11 is 0. The Kier molecular flexibility index (Phi) is 7.22. The van der Waals surface area contributed by atoms with Gasteiger partial charge in [0.15, 0.2) is 0 Å². The zero-order valence-corrected chi connectivity index (χ0v) is 16.2. The molecule has 0 aliphatic carbocycles. The minimum Gasteiger partial charge on any atom is -0.488 e. The standard InChI is InChI=1S/C22H29NO3/c1-5-9-23(14-21(24)25)13-20-11-17(3)22(18(4)12-20)26-15-19-8-6-7-16(2)10-19/h6-8,10-12H,5,9,13-15H2,1-4H3,(H,24,25). The number of carboxylic acid groups (broad SMARTS) is 1. The Morgan fingerprint density at radius 1 is 1.08 bits per heavy atom. The van der Waals surface area contributed by atoms with Gasteiger partial charge in [0, 0.05) is 6.54 Å². The third kappa shape index (κ3) is 5.88. The summed E-state index contributed by atoms with van der Waals surface area (Å²) in [5.74, 6) is 0.125. The highest BCUT2D eigenvalue weighted by molar-refractivity contribution is 5.69. The Morgan fingerprint density at radius 3 is 2.35 bits per heavy atom. The molecule has 2 rings (SSSR count). The maximum absolute atomic E-state index is 11.0. The van der Waals surface area contributed by atoms with Gasteiger partial charge in [-0.25, -0.2) is 0 Å². The van der Waals surface area contributed by atoms with Gasteiger partial charge in [0.2, 0.25) is 0 Å². The van der Waals surface area contributed by atoms with E-state index in [1.807, 2.05) is 24.8 Å². The summed E-state index contributed by atoms with van der Waals surface area (Å²) in [4.78, 5) is 13.0. The van der Waals surface area contributed by atoms with Crippen molar-refractivity contribution >= 4 is 5.97 Å². The summed E-state index contributed by atoms with van der Waals surface area (Å²) < 4.78 is 6.07. The number of hydrogen-bond donors (Lipinski definition) is 1. The summed E-state index contributed by atoms with van der Waals surface area (Å²) in [6.45, 7) is 10.3. The third-order valence-corrected chi connectivity index (χ3v) is 4.29. The van der Waals surface area contributed by atoms with Gasteiger partial charge in [-0.3, -0.25) is 9.69 Å². The van der Waals surface area contributed by atoms with Crippen LogP contribution in [0.3, 0.4) is 0 Å². The summed E-state index contributed by atoms with van der Waals surface area (Å²) in [7, 11) is 0. The highest BCUT2D eigenvalue weighted by atomic mass is 16.5. The van der Waals surface area contributed by atoms with Crippen molar-refractivity contribution in [1.82, 2.24) is 4.90 Å². The van der Waals surface area contributed by atoms with Gasteiger partial charge >= 0.3 is 5.97 Å². The first-order valence-electron chi connectivity index (χ1n) is 9.11. The number of carboxylic acids is 1. The molecule has 0 aliphatic rings. The van der Waals surface area contributed by atoms with Crippen molar-refractivity contribution in [3.05, 3.63) is 64.2 Å². The second-order valence-electron chi connectivity index (χ2n) is 6.94. The van der Waals surface area contributed by atoms with Crippen molar-refractivity contribution in [3.63, 3.8) is 0 Å². The van der Waals surface area contributed by atoms with Crippen LogP contribution in [0.15, 0.2) is 36.4 Å². The van der Waals surface area contributed by atoms with Gasteiger partial charge in [-0.05, 0) is 56.0 Å². The van der Waals surface area contributed by atoms with E-state index >= 15 is 0 Å². The maximum Gasteiger partial charge on any atom is 0.317 e. The normalized spacial score (nSPS) is 11.0. The molecule has 26 heavy (non-hydrogen) atoms. The number of carbonyl (C=O) groups is 1. The second kappa shape index (κ2) is 9.39. The second-order valence-corrected chi connectivity index (χ2v) is 6.94. The highest BCUT2D eigenvalue weighted by Crippen LogP contribution is 2.26. The molecule has 0 saturated carbocycles. The predicted molar refractivity (Wildman–Crippen MR) is 105 cm³/mol. The van der Waals surface area contributed by atoms with E-state index in [0.717, 1.165) is 41.0 Å². The maximum atomic E-state index is 11.0. The van der Waals surface area contributed by atoms with Gasteiger partial charge < -0.3 is 9.84 Å². The quantitative estimate of drug-likeness (QED) is 0.720. The van der Waals surface area contributed by atoms with Crippen LogP contribution in [-0.2, 0) is 17.9 Å². The highest BCUT2D eigenvalue weighted by Gasteiger charge is 2.12. The Labute approximate surface area is 156 Å². The number of hydrogen-bond acceptors (Lipinski definition) is 3. The topological polar surface area (TPSA) is 49.8 Å². The zero-order valence-electron chi connectivity index (χ0n) is 16.2. The average molecular weight is 355 g/mol. The number of aryl methyl sites for hydroxylation is 3. The van der Waals surface area contributed by atoms with Crippen molar-refractivity contribution < 1.29 is 14.6 Å². The molecule has 0 saturated heterocycles. The monoisotopic (exact) mass is 355 g/mol. The molecule has 0 aliphatic heterocycles. The van der Waals surface area contributed by atoms with E-state index in [1.54, 1.807) is 0 Å². The largest absolute Gasteiger partial charge is 0.488 e. The van der Waals surface area contributed by atoms with Crippen LogP contribution in [0.4, 0.5) is 0 Å². The van der Waals surface area contributed by atoms with Crippen LogP contribution in [0.1, 0.15) is 41.2 Å². The fourth-order valence-electron chi connectivity index (χ4n) is 3.30. The Balaban J connectivity index is 2.10. The molecule has 0 heterocycles. The lowest BCUT2D eigenvalue weighted by Gasteiger charge is -2.21. The Morgan fingerprint density at radius 2 is 1.77 bits per heavy atom. The van der Waals surface area contributed by atoms with E-state index in [-0.39, 0.29) is 6.54 Å². The summed E-state index contributed by atoms with van der Waals surface area (Å²) in [6, 6.07) is 12.5. The molecule has 2 aromatic carbocycles. The minimum absolute atomic E-state index is 0.0670. The van der Waals surface area contributed by atoms with Crippen LogP contribution < -0.4 is 4.74 Å². The molecule has 2 aromatic rings. The van der Waals surface area contributed by atoms with Gasteiger partial charge in [0.05, 0.1) is 6.54 Å². The number of benzene rings is 2. The van der Waals surface area contributed by atoms with E-state index < -0.39 is 5.97 Å². The molecule has 0 unspecified atom stereocenters. The first-order chi connectivity index (χ1) is 12.4. The molecule has 1 N–H and O–H groups in total. The lowest BCUT2D eigenvalue weighted by Crippen LogP contribution is -2.30. The smallest absolute Gasteiger partial charge is 0.317 e. The van der Waals surface area contributed by atoms with E-state index in [4.69, 9.17) is 9.84 Å². The molecule has 0 radical (unpaired) electrons. The zero-order chi connectivity index (χ0) is 19.1. The molecule has 0 fully saturated rings. The first-order valence-corrected chi connectivity index (χ1v) is 9.11. The fraction of sp³-hybridized carbons (Fsp3) is 0.409. The van der Waals surface area contributed by atoms with Crippen LogP contribution in [0, 0.1) is 20.8 Å². The van der Waals surface area contributed by atoms with Crippen LogP contribution in [0.2, 0.25) is 0 Å². The summed E-state index contributed by atoms with van der Waals surface area (Å²) in [5.41, 5.74) is 5.67. The molecular weight excluding hydrogens is 326 g/mol. The van der Waals surface area contributed by atoms with Crippen molar-refractivity contribution in [3.8, 4) is 5.75 Å². The van der Waals surface area contributed by atoms with Gasteiger partial charge in [-0.15, -0.1) is 0 Å². The molecule has 140 valence electrons. The fourth-order valence-corrected chi connectivity index (χ4v) is 3.30. The molecule has 0 amide bonds. The molecule has 0 aromatic heterocycles. The molecule has 4 heteroatoms.